The molecule has 0 fully saturated rings. The van der Waals surface area contributed by atoms with Crippen LogP contribution in [0.4, 0.5) is 0 Å². The Labute approximate surface area is 120 Å². The van der Waals surface area contributed by atoms with Crippen molar-refractivity contribution in [1.82, 2.24) is 0 Å². The first-order valence-electron chi connectivity index (χ1n) is 6.77. The quantitative estimate of drug-likeness (QED) is 0.618. The van der Waals surface area contributed by atoms with Crippen molar-refractivity contribution in [3.05, 3.63) is 12.1 Å². The molecular weight excluding hydrogens is 260 g/mol. The first-order chi connectivity index (χ1) is 9.76. The van der Waals surface area contributed by atoms with E-state index in [1.54, 1.807) is 33.5 Å². The van der Waals surface area contributed by atoms with Crippen LogP contribution in [0.25, 0.3) is 0 Å². The van der Waals surface area contributed by atoms with E-state index in [4.69, 9.17) is 23.7 Å². The Morgan fingerprint density at radius 1 is 0.850 bits per heavy atom. The van der Waals surface area contributed by atoms with Crippen LogP contribution in [-0.4, -0.2) is 41.2 Å². The van der Waals surface area contributed by atoms with E-state index in [-0.39, 0.29) is 0 Å². The molecule has 114 valence electrons. The Morgan fingerprint density at radius 2 is 1.50 bits per heavy atom. The summed E-state index contributed by atoms with van der Waals surface area (Å²) in [5, 5.41) is 0. The van der Waals surface area contributed by atoms with E-state index in [0.29, 0.717) is 36.2 Å². The Bertz CT molecular complexity index is 367. The minimum atomic E-state index is 0.447. The van der Waals surface area contributed by atoms with Crippen LogP contribution >= 0.6 is 0 Å². The van der Waals surface area contributed by atoms with Crippen LogP contribution in [0.5, 0.6) is 23.0 Å². The van der Waals surface area contributed by atoms with Gasteiger partial charge in [0.25, 0.3) is 0 Å². The SMILES string of the molecule is CCCCOCCOc1c(OC)cc(OC)cc1OC. The molecule has 0 heterocycles. The average molecular weight is 284 g/mol. The van der Waals surface area contributed by atoms with E-state index in [1.807, 2.05) is 0 Å². The molecule has 0 N–H and O–H groups in total. The molecule has 0 saturated heterocycles. The van der Waals surface area contributed by atoms with Gasteiger partial charge >= 0.3 is 0 Å². The van der Waals surface area contributed by atoms with Gasteiger partial charge in [-0.25, -0.2) is 0 Å². The lowest BCUT2D eigenvalue weighted by Crippen LogP contribution is -2.09. The highest BCUT2D eigenvalue weighted by Crippen LogP contribution is 2.40. The maximum Gasteiger partial charge on any atom is 0.203 e. The minimum Gasteiger partial charge on any atom is -0.496 e. The number of hydrogen-bond acceptors (Lipinski definition) is 5. The monoisotopic (exact) mass is 284 g/mol. The molecule has 0 aromatic heterocycles. The van der Waals surface area contributed by atoms with E-state index >= 15 is 0 Å². The molecule has 0 radical (unpaired) electrons. The van der Waals surface area contributed by atoms with Crippen molar-refractivity contribution in [2.75, 3.05) is 41.2 Å². The van der Waals surface area contributed by atoms with Gasteiger partial charge in [0.05, 0.1) is 27.9 Å². The summed E-state index contributed by atoms with van der Waals surface area (Å²) in [6, 6.07) is 3.52. The van der Waals surface area contributed by atoms with Crippen LogP contribution in [-0.2, 0) is 4.74 Å². The van der Waals surface area contributed by atoms with Gasteiger partial charge in [0.2, 0.25) is 5.75 Å². The molecular formula is C15H24O5. The van der Waals surface area contributed by atoms with E-state index in [0.717, 1.165) is 19.4 Å². The summed E-state index contributed by atoms with van der Waals surface area (Å²) in [5.41, 5.74) is 0. The van der Waals surface area contributed by atoms with Crippen LogP contribution in [0.1, 0.15) is 19.8 Å². The molecule has 0 aliphatic heterocycles. The highest BCUT2D eigenvalue weighted by Gasteiger charge is 2.14. The van der Waals surface area contributed by atoms with Gasteiger partial charge in [0.1, 0.15) is 12.4 Å². The Morgan fingerprint density at radius 3 is 2.00 bits per heavy atom. The molecule has 0 atom stereocenters. The summed E-state index contributed by atoms with van der Waals surface area (Å²) < 4.78 is 26.9. The molecule has 1 aromatic rings. The summed E-state index contributed by atoms with van der Waals surface area (Å²) >= 11 is 0. The Hall–Kier alpha value is -1.62. The van der Waals surface area contributed by atoms with Crippen molar-refractivity contribution in [3.8, 4) is 23.0 Å². The van der Waals surface area contributed by atoms with Gasteiger partial charge in [-0.2, -0.15) is 0 Å². The molecule has 1 aromatic carbocycles. The topological polar surface area (TPSA) is 46.2 Å². The zero-order valence-corrected chi connectivity index (χ0v) is 12.7. The lowest BCUT2D eigenvalue weighted by molar-refractivity contribution is 0.0958. The lowest BCUT2D eigenvalue weighted by Gasteiger charge is -2.15. The van der Waals surface area contributed by atoms with Gasteiger partial charge in [-0.1, -0.05) is 13.3 Å². The average Bonchev–Trinajstić information content (AvgIpc) is 2.50. The zero-order chi connectivity index (χ0) is 14.8. The van der Waals surface area contributed by atoms with Gasteiger partial charge in [-0.05, 0) is 6.42 Å². The maximum absolute atomic E-state index is 5.70. The highest BCUT2D eigenvalue weighted by molar-refractivity contribution is 5.55. The summed E-state index contributed by atoms with van der Waals surface area (Å²) in [5.74, 6) is 2.38. The van der Waals surface area contributed by atoms with Crippen molar-refractivity contribution in [3.63, 3.8) is 0 Å². The lowest BCUT2D eigenvalue weighted by atomic mass is 10.2. The van der Waals surface area contributed by atoms with Gasteiger partial charge in [0.15, 0.2) is 11.5 Å². The van der Waals surface area contributed by atoms with E-state index in [1.165, 1.54) is 0 Å². The molecule has 1 rings (SSSR count). The van der Waals surface area contributed by atoms with Crippen molar-refractivity contribution in [2.45, 2.75) is 19.8 Å². The van der Waals surface area contributed by atoms with Gasteiger partial charge in [-0.15, -0.1) is 0 Å². The number of ether oxygens (including phenoxy) is 5. The Balaban J connectivity index is 2.63. The zero-order valence-electron chi connectivity index (χ0n) is 12.7. The normalized spacial score (nSPS) is 10.2. The van der Waals surface area contributed by atoms with Crippen LogP contribution in [0.15, 0.2) is 12.1 Å². The number of unbranched alkanes of at least 4 members (excludes halogenated alkanes) is 1. The van der Waals surface area contributed by atoms with Crippen molar-refractivity contribution >= 4 is 0 Å². The molecule has 0 aliphatic carbocycles. The van der Waals surface area contributed by atoms with Gasteiger partial charge < -0.3 is 23.7 Å². The highest BCUT2D eigenvalue weighted by atomic mass is 16.6. The summed E-state index contributed by atoms with van der Waals surface area (Å²) in [6.45, 7) is 3.88. The predicted octanol–water partition coefficient (Wildman–Crippen LogP) is 2.91. The van der Waals surface area contributed by atoms with Crippen molar-refractivity contribution in [2.24, 2.45) is 0 Å². The van der Waals surface area contributed by atoms with E-state index in [9.17, 15) is 0 Å². The molecule has 0 spiro atoms. The van der Waals surface area contributed by atoms with Crippen LogP contribution < -0.4 is 18.9 Å². The standard InChI is InChI=1S/C15H24O5/c1-5-6-7-19-8-9-20-15-13(17-3)10-12(16-2)11-14(15)18-4/h10-11H,5-9H2,1-4H3. The number of rotatable bonds is 10. The molecule has 20 heavy (non-hydrogen) atoms. The first kappa shape index (κ1) is 16.4. The van der Waals surface area contributed by atoms with E-state index < -0.39 is 0 Å². The number of benzene rings is 1. The fourth-order valence-electron chi connectivity index (χ4n) is 1.67. The van der Waals surface area contributed by atoms with Crippen LogP contribution in [0.3, 0.4) is 0 Å². The van der Waals surface area contributed by atoms with Crippen LogP contribution in [0.2, 0.25) is 0 Å². The Kier molecular flexibility index (Phi) is 7.65. The van der Waals surface area contributed by atoms with Crippen molar-refractivity contribution in [1.29, 1.82) is 0 Å². The van der Waals surface area contributed by atoms with Crippen molar-refractivity contribution < 1.29 is 23.7 Å². The summed E-state index contributed by atoms with van der Waals surface area (Å²) in [4.78, 5) is 0. The largest absolute Gasteiger partial charge is 0.496 e. The molecule has 5 heteroatoms. The maximum atomic E-state index is 5.70. The van der Waals surface area contributed by atoms with Gasteiger partial charge in [-0.3, -0.25) is 0 Å². The minimum absolute atomic E-state index is 0.447. The fraction of sp³-hybridized carbons (Fsp3) is 0.600. The molecule has 0 bridgehead atoms. The summed E-state index contributed by atoms with van der Waals surface area (Å²) in [6.07, 6.45) is 2.19. The van der Waals surface area contributed by atoms with Crippen LogP contribution in [0, 0.1) is 0 Å². The predicted molar refractivity (Wildman–Crippen MR) is 77.3 cm³/mol. The second-order valence-electron chi connectivity index (χ2n) is 4.18. The third-order valence-corrected chi connectivity index (χ3v) is 2.79. The smallest absolute Gasteiger partial charge is 0.203 e. The molecule has 0 saturated carbocycles. The third-order valence-electron chi connectivity index (χ3n) is 2.79. The second-order valence-corrected chi connectivity index (χ2v) is 4.18. The number of hydrogen-bond donors (Lipinski definition) is 0. The molecule has 0 unspecified atom stereocenters. The third kappa shape index (κ3) is 4.81. The first-order valence-corrected chi connectivity index (χ1v) is 6.77. The fourth-order valence-corrected chi connectivity index (χ4v) is 1.67. The number of methoxy groups -OCH3 is 3. The van der Waals surface area contributed by atoms with E-state index in [2.05, 4.69) is 6.92 Å². The molecule has 0 amide bonds. The molecule has 5 nitrogen and oxygen atoms in total. The van der Waals surface area contributed by atoms with Gasteiger partial charge in [0, 0.05) is 18.7 Å². The second kappa shape index (κ2) is 9.31. The summed E-state index contributed by atoms with van der Waals surface area (Å²) in [7, 11) is 4.76. The molecule has 0 aliphatic rings.